The molecule has 1 amide bonds. The summed E-state index contributed by atoms with van der Waals surface area (Å²) in [5, 5.41) is 2.96. The number of hydrazine groups is 1. The molecule has 6 heteroatoms. The van der Waals surface area contributed by atoms with Crippen molar-refractivity contribution in [3.8, 4) is 0 Å². The molecule has 1 aliphatic carbocycles. The SMILES string of the molecule is CSC1(CNC(=O)c2ccc(NN)cn2)CCC1. The van der Waals surface area contributed by atoms with Crippen molar-refractivity contribution in [1.82, 2.24) is 10.3 Å². The number of nitrogens with one attached hydrogen (secondary N) is 2. The molecule has 4 N–H and O–H groups in total. The number of hydrogen-bond acceptors (Lipinski definition) is 5. The smallest absolute Gasteiger partial charge is 0.269 e. The summed E-state index contributed by atoms with van der Waals surface area (Å²) in [6.07, 6.45) is 7.26. The van der Waals surface area contributed by atoms with Gasteiger partial charge in [0.1, 0.15) is 5.69 Å². The number of hydrogen-bond donors (Lipinski definition) is 3. The van der Waals surface area contributed by atoms with Crippen molar-refractivity contribution in [2.24, 2.45) is 5.84 Å². The molecule has 18 heavy (non-hydrogen) atoms. The van der Waals surface area contributed by atoms with Gasteiger partial charge in [-0.3, -0.25) is 10.6 Å². The van der Waals surface area contributed by atoms with Gasteiger partial charge in [-0.2, -0.15) is 11.8 Å². The fourth-order valence-corrected chi connectivity index (χ4v) is 2.88. The van der Waals surface area contributed by atoms with Gasteiger partial charge in [-0.05, 0) is 31.2 Å². The first kappa shape index (κ1) is 13.2. The number of pyridine rings is 1. The zero-order valence-corrected chi connectivity index (χ0v) is 11.2. The van der Waals surface area contributed by atoms with Crippen LogP contribution in [0.4, 0.5) is 5.69 Å². The lowest BCUT2D eigenvalue weighted by molar-refractivity contribution is 0.0939. The molecule has 0 radical (unpaired) electrons. The van der Waals surface area contributed by atoms with Gasteiger partial charge in [0.25, 0.3) is 5.91 Å². The lowest BCUT2D eigenvalue weighted by atomic mass is 9.84. The van der Waals surface area contributed by atoms with E-state index in [-0.39, 0.29) is 10.7 Å². The van der Waals surface area contributed by atoms with Gasteiger partial charge in [0.2, 0.25) is 0 Å². The Labute approximate surface area is 111 Å². The van der Waals surface area contributed by atoms with E-state index in [0.29, 0.717) is 17.9 Å². The minimum atomic E-state index is -0.126. The topological polar surface area (TPSA) is 80.0 Å². The van der Waals surface area contributed by atoms with Gasteiger partial charge in [-0.15, -0.1) is 0 Å². The molecule has 0 atom stereocenters. The van der Waals surface area contributed by atoms with Gasteiger partial charge in [0, 0.05) is 11.3 Å². The fraction of sp³-hybridized carbons (Fsp3) is 0.500. The van der Waals surface area contributed by atoms with E-state index in [1.807, 2.05) is 11.8 Å². The first-order chi connectivity index (χ1) is 8.69. The quantitative estimate of drug-likeness (QED) is 0.554. The standard InChI is InChI=1S/C12H18N4OS/c1-18-12(5-2-6-12)8-15-11(17)10-4-3-9(16-13)7-14-10/h3-4,7,16H,2,5-6,8,13H2,1H3,(H,15,17). The van der Waals surface area contributed by atoms with Crippen LogP contribution in [0.2, 0.25) is 0 Å². The van der Waals surface area contributed by atoms with Crippen LogP contribution in [0, 0.1) is 0 Å². The van der Waals surface area contributed by atoms with Crippen molar-refractivity contribution >= 4 is 23.4 Å². The Hall–Kier alpha value is -1.27. The third kappa shape index (κ3) is 2.76. The molecule has 1 aliphatic rings. The summed E-state index contributed by atoms with van der Waals surface area (Å²) >= 11 is 1.84. The first-order valence-corrected chi connectivity index (χ1v) is 7.18. The van der Waals surface area contributed by atoms with Gasteiger partial charge in [0.05, 0.1) is 11.9 Å². The summed E-state index contributed by atoms with van der Waals surface area (Å²) in [5.74, 6) is 5.12. The van der Waals surface area contributed by atoms with Gasteiger partial charge < -0.3 is 10.7 Å². The third-order valence-corrected chi connectivity index (χ3v) is 4.85. The van der Waals surface area contributed by atoms with Crippen LogP contribution in [-0.4, -0.2) is 28.4 Å². The van der Waals surface area contributed by atoms with Gasteiger partial charge in [-0.25, -0.2) is 4.98 Å². The third-order valence-electron chi connectivity index (χ3n) is 3.43. The molecular formula is C12H18N4OS. The Balaban J connectivity index is 1.90. The molecule has 1 fully saturated rings. The minimum Gasteiger partial charge on any atom is -0.349 e. The molecule has 1 aromatic rings. The highest BCUT2D eigenvalue weighted by Crippen LogP contribution is 2.42. The number of thioether (sulfide) groups is 1. The molecule has 0 unspecified atom stereocenters. The molecule has 0 saturated heterocycles. The number of carbonyl (C=O) groups excluding carboxylic acids is 1. The molecule has 2 rings (SSSR count). The highest BCUT2D eigenvalue weighted by molar-refractivity contribution is 8.00. The molecule has 0 bridgehead atoms. The number of anilines is 1. The summed E-state index contributed by atoms with van der Waals surface area (Å²) < 4.78 is 0.244. The number of nitrogens with zero attached hydrogens (tertiary/aromatic N) is 1. The summed E-state index contributed by atoms with van der Waals surface area (Å²) in [7, 11) is 0. The van der Waals surface area contributed by atoms with Crippen molar-refractivity contribution in [3.05, 3.63) is 24.0 Å². The van der Waals surface area contributed by atoms with E-state index in [2.05, 4.69) is 22.0 Å². The molecular weight excluding hydrogens is 248 g/mol. The maximum absolute atomic E-state index is 11.9. The van der Waals surface area contributed by atoms with Crippen LogP contribution >= 0.6 is 11.8 Å². The molecule has 98 valence electrons. The zero-order valence-electron chi connectivity index (χ0n) is 10.4. The maximum atomic E-state index is 11.9. The molecule has 0 aromatic carbocycles. The maximum Gasteiger partial charge on any atom is 0.269 e. The Morgan fingerprint density at radius 1 is 1.56 bits per heavy atom. The Morgan fingerprint density at radius 2 is 2.33 bits per heavy atom. The Kier molecular flexibility index (Phi) is 4.08. The van der Waals surface area contributed by atoms with Crippen molar-refractivity contribution in [1.29, 1.82) is 0 Å². The van der Waals surface area contributed by atoms with E-state index in [0.717, 1.165) is 0 Å². The monoisotopic (exact) mass is 266 g/mol. The number of aromatic nitrogens is 1. The number of nitrogens with two attached hydrogens (primary N) is 1. The molecule has 1 heterocycles. The van der Waals surface area contributed by atoms with Crippen LogP contribution in [0.3, 0.4) is 0 Å². The van der Waals surface area contributed by atoms with E-state index in [9.17, 15) is 4.79 Å². The van der Waals surface area contributed by atoms with Crippen molar-refractivity contribution in [3.63, 3.8) is 0 Å². The average molecular weight is 266 g/mol. The van der Waals surface area contributed by atoms with E-state index >= 15 is 0 Å². The number of carbonyl (C=O) groups is 1. The molecule has 1 aromatic heterocycles. The van der Waals surface area contributed by atoms with E-state index < -0.39 is 0 Å². The predicted octanol–water partition coefficient (Wildman–Crippen LogP) is 1.38. The second-order valence-corrected chi connectivity index (χ2v) is 5.77. The summed E-state index contributed by atoms with van der Waals surface area (Å²) in [6.45, 7) is 0.714. The number of rotatable bonds is 5. The molecule has 5 nitrogen and oxygen atoms in total. The molecule has 0 aliphatic heterocycles. The first-order valence-electron chi connectivity index (χ1n) is 5.95. The fourth-order valence-electron chi connectivity index (χ4n) is 1.97. The molecule has 1 saturated carbocycles. The minimum absolute atomic E-state index is 0.126. The van der Waals surface area contributed by atoms with Crippen molar-refractivity contribution < 1.29 is 4.79 Å². The van der Waals surface area contributed by atoms with E-state index in [1.54, 1.807) is 18.3 Å². The van der Waals surface area contributed by atoms with Crippen molar-refractivity contribution in [2.75, 3.05) is 18.2 Å². The van der Waals surface area contributed by atoms with Crippen LogP contribution in [-0.2, 0) is 0 Å². The second-order valence-electron chi connectivity index (χ2n) is 4.50. The highest BCUT2D eigenvalue weighted by Gasteiger charge is 2.36. The van der Waals surface area contributed by atoms with Gasteiger partial charge >= 0.3 is 0 Å². The van der Waals surface area contributed by atoms with Gasteiger partial charge in [-0.1, -0.05) is 6.42 Å². The Morgan fingerprint density at radius 3 is 2.78 bits per heavy atom. The van der Waals surface area contributed by atoms with Gasteiger partial charge in [0.15, 0.2) is 0 Å². The lowest BCUT2D eigenvalue weighted by Crippen LogP contribution is -2.45. The average Bonchev–Trinajstić information content (AvgIpc) is 2.38. The lowest BCUT2D eigenvalue weighted by Gasteiger charge is -2.40. The number of nitrogen functional groups attached to an aromatic ring is 1. The summed E-state index contributed by atoms with van der Waals surface area (Å²) in [6, 6.07) is 3.40. The number of amides is 1. The van der Waals surface area contributed by atoms with E-state index in [1.165, 1.54) is 19.3 Å². The molecule has 0 spiro atoms. The normalized spacial score (nSPS) is 16.8. The van der Waals surface area contributed by atoms with E-state index in [4.69, 9.17) is 5.84 Å². The van der Waals surface area contributed by atoms with Crippen LogP contribution < -0.4 is 16.6 Å². The van der Waals surface area contributed by atoms with Crippen LogP contribution in [0.25, 0.3) is 0 Å². The summed E-state index contributed by atoms with van der Waals surface area (Å²) in [5.41, 5.74) is 3.59. The zero-order chi connectivity index (χ0) is 13.0. The largest absolute Gasteiger partial charge is 0.349 e. The van der Waals surface area contributed by atoms with Crippen LogP contribution in [0.1, 0.15) is 29.8 Å². The second kappa shape index (κ2) is 5.58. The van der Waals surface area contributed by atoms with Crippen LogP contribution in [0.15, 0.2) is 18.3 Å². The van der Waals surface area contributed by atoms with Crippen LogP contribution in [0.5, 0.6) is 0 Å². The predicted molar refractivity (Wildman–Crippen MR) is 74.5 cm³/mol. The summed E-state index contributed by atoms with van der Waals surface area (Å²) in [4.78, 5) is 16.0. The van der Waals surface area contributed by atoms with Crippen molar-refractivity contribution in [2.45, 2.75) is 24.0 Å². The Bertz CT molecular complexity index is 411. The highest BCUT2D eigenvalue weighted by atomic mass is 32.2.